The first-order chi connectivity index (χ1) is 10.6. The van der Waals surface area contributed by atoms with Crippen LogP contribution in [0.15, 0.2) is 54.5 Å². The van der Waals surface area contributed by atoms with E-state index in [1.54, 1.807) is 38.1 Å². The minimum absolute atomic E-state index is 0.101. The van der Waals surface area contributed by atoms with E-state index in [2.05, 4.69) is 9.98 Å². The number of nitrogens with zero attached hydrogens (tertiary/aromatic N) is 4. The van der Waals surface area contributed by atoms with E-state index in [-0.39, 0.29) is 11.4 Å². The van der Waals surface area contributed by atoms with Crippen molar-refractivity contribution in [2.45, 2.75) is 13.8 Å². The molecule has 22 heavy (non-hydrogen) atoms. The number of nitriles is 2. The average Bonchev–Trinajstić information content (AvgIpc) is 3.11. The Hall–Kier alpha value is -3.38. The number of hydrogen-bond donors (Lipinski definition) is 0. The van der Waals surface area contributed by atoms with Gasteiger partial charge in [-0.2, -0.15) is 10.5 Å². The highest BCUT2D eigenvalue weighted by atomic mass is 16.3. The lowest BCUT2D eigenvalue weighted by Gasteiger charge is -1.91. The molecule has 0 unspecified atom stereocenters. The first kappa shape index (κ1) is 15.0. The Morgan fingerprint density at radius 1 is 0.864 bits per heavy atom. The second-order valence-electron chi connectivity index (χ2n) is 4.33. The molecule has 2 heterocycles. The standard InChI is InChI=1S/C16H12N4O2/c1-11-3-5-13(21-11)9-19-15(7-17)16(8-18)20-10-14-6-4-12(2)22-14/h3-6,9-10H,1-2H3. The normalized spacial score (nSPS) is 12.4. The SMILES string of the molecule is Cc1ccc(C=NC(C#N)=C(C#N)N=Cc2ccc(C)o2)o1. The van der Waals surface area contributed by atoms with E-state index in [0.717, 1.165) is 11.5 Å². The topological polar surface area (TPSA) is 98.6 Å². The molecule has 0 atom stereocenters. The molecule has 0 amide bonds. The van der Waals surface area contributed by atoms with Crippen molar-refractivity contribution >= 4 is 12.4 Å². The zero-order valence-corrected chi connectivity index (χ0v) is 12.1. The number of aryl methyl sites for hydroxylation is 2. The monoisotopic (exact) mass is 292 g/mol. The van der Waals surface area contributed by atoms with Gasteiger partial charge in [0.25, 0.3) is 0 Å². The van der Waals surface area contributed by atoms with Gasteiger partial charge in [0.15, 0.2) is 11.4 Å². The van der Waals surface area contributed by atoms with Crippen LogP contribution < -0.4 is 0 Å². The first-order valence-electron chi connectivity index (χ1n) is 6.38. The van der Waals surface area contributed by atoms with Crippen molar-refractivity contribution in [2.75, 3.05) is 0 Å². The molecule has 2 rings (SSSR count). The summed E-state index contributed by atoms with van der Waals surface area (Å²) in [7, 11) is 0. The predicted octanol–water partition coefficient (Wildman–Crippen LogP) is 3.29. The third-order valence-electron chi connectivity index (χ3n) is 2.60. The lowest BCUT2D eigenvalue weighted by molar-refractivity contribution is 0.527. The summed E-state index contributed by atoms with van der Waals surface area (Å²) in [4.78, 5) is 7.89. The summed E-state index contributed by atoms with van der Waals surface area (Å²) in [6, 6.07) is 10.7. The van der Waals surface area contributed by atoms with Crippen LogP contribution in [-0.2, 0) is 0 Å². The van der Waals surface area contributed by atoms with E-state index < -0.39 is 0 Å². The van der Waals surface area contributed by atoms with E-state index in [4.69, 9.17) is 19.4 Å². The molecular formula is C16H12N4O2. The van der Waals surface area contributed by atoms with Gasteiger partial charge >= 0.3 is 0 Å². The van der Waals surface area contributed by atoms with Crippen LogP contribution in [0.1, 0.15) is 23.0 Å². The molecule has 0 aliphatic carbocycles. The minimum atomic E-state index is -0.101. The van der Waals surface area contributed by atoms with Gasteiger partial charge in [0.05, 0.1) is 12.4 Å². The fourth-order valence-electron chi connectivity index (χ4n) is 1.59. The number of allylic oxidation sites excluding steroid dienone is 2. The Morgan fingerprint density at radius 2 is 1.27 bits per heavy atom. The van der Waals surface area contributed by atoms with E-state index in [1.807, 2.05) is 12.1 Å². The van der Waals surface area contributed by atoms with Gasteiger partial charge in [-0.05, 0) is 38.1 Å². The number of rotatable bonds is 4. The number of aliphatic imine (C=N–C) groups is 2. The van der Waals surface area contributed by atoms with Crippen molar-refractivity contribution in [3.63, 3.8) is 0 Å². The molecule has 0 aliphatic rings. The summed E-state index contributed by atoms with van der Waals surface area (Å²) < 4.78 is 10.6. The van der Waals surface area contributed by atoms with Crippen molar-refractivity contribution in [1.29, 1.82) is 10.5 Å². The highest BCUT2D eigenvalue weighted by Crippen LogP contribution is 2.10. The molecule has 108 valence electrons. The van der Waals surface area contributed by atoms with Gasteiger partial charge in [0, 0.05) is 0 Å². The summed E-state index contributed by atoms with van der Waals surface area (Å²) in [5, 5.41) is 18.2. The molecule has 0 aromatic carbocycles. The predicted molar refractivity (Wildman–Crippen MR) is 80.3 cm³/mol. The zero-order chi connectivity index (χ0) is 15.9. The molecular weight excluding hydrogens is 280 g/mol. The van der Waals surface area contributed by atoms with Crippen molar-refractivity contribution in [2.24, 2.45) is 9.98 Å². The van der Waals surface area contributed by atoms with Gasteiger partial charge in [-0.1, -0.05) is 0 Å². The van der Waals surface area contributed by atoms with Crippen LogP contribution in [0.5, 0.6) is 0 Å². The smallest absolute Gasteiger partial charge is 0.177 e. The van der Waals surface area contributed by atoms with Crippen LogP contribution in [0, 0.1) is 36.5 Å². The third kappa shape index (κ3) is 3.81. The summed E-state index contributed by atoms with van der Waals surface area (Å²) in [6.45, 7) is 3.60. The van der Waals surface area contributed by atoms with Gasteiger partial charge in [0.1, 0.15) is 35.2 Å². The molecule has 0 saturated carbocycles. The highest BCUT2D eigenvalue weighted by Gasteiger charge is 2.04. The number of hydrogen-bond acceptors (Lipinski definition) is 6. The quantitative estimate of drug-likeness (QED) is 0.637. The van der Waals surface area contributed by atoms with Crippen LogP contribution in [0.3, 0.4) is 0 Å². The van der Waals surface area contributed by atoms with Gasteiger partial charge in [-0.15, -0.1) is 0 Å². The summed E-state index contributed by atoms with van der Waals surface area (Å²) >= 11 is 0. The molecule has 0 fully saturated rings. The molecule has 0 N–H and O–H groups in total. The van der Waals surface area contributed by atoms with Crippen molar-refractivity contribution < 1.29 is 8.83 Å². The van der Waals surface area contributed by atoms with E-state index >= 15 is 0 Å². The van der Waals surface area contributed by atoms with Crippen LogP contribution in [0.2, 0.25) is 0 Å². The zero-order valence-electron chi connectivity index (χ0n) is 12.1. The molecule has 0 spiro atoms. The molecule has 2 aromatic rings. The molecule has 6 nitrogen and oxygen atoms in total. The molecule has 0 saturated heterocycles. The average molecular weight is 292 g/mol. The largest absolute Gasteiger partial charge is 0.460 e. The van der Waals surface area contributed by atoms with E-state index in [1.165, 1.54) is 12.4 Å². The fourth-order valence-corrected chi connectivity index (χ4v) is 1.59. The summed E-state index contributed by atoms with van der Waals surface area (Å²) in [5.41, 5.74) is -0.202. The van der Waals surface area contributed by atoms with Crippen LogP contribution in [-0.4, -0.2) is 12.4 Å². The molecule has 6 heteroatoms. The highest BCUT2D eigenvalue weighted by molar-refractivity contribution is 5.79. The Balaban J connectivity index is 2.25. The maximum Gasteiger partial charge on any atom is 0.177 e. The Labute approximate surface area is 127 Å². The molecule has 0 aliphatic heterocycles. The van der Waals surface area contributed by atoms with Crippen LogP contribution >= 0.6 is 0 Å². The fraction of sp³-hybridized carbons (Fsp3) is 0.125. The van der Waals surface area contributed by atoms with Gasteiger partial charge in [0.2, 0.25) is 0 Å². The van der Waals surface area contributed by atoms with Crippen molar-refractivity contribution in [3.8, 4) is 12.1 Å². The second kappa shape index (κ2) is 6.87. The first-order valence-corrected chi connectivity index (χ1v) is 6.38. The van der Waals surface area contributed by atoms with Crippen molar-refractivity contribution in [3.05, 3.63) is 58.7 Å². The van der Waals surface area contributed by atoms with Crippen LogP contribution in [0.4, 0.5) is 0 Å². The van der Waals surface area contributed by atoms with Crippen LogP contribution in [0.25, 0.3) is 0 Å². The van der Waals surface area contributed by atoms with Gasteiger partial charge in [-0.3, -0.25) is 0 Å². The maximum atomic E-state index is 9.11. The summed E-state index contributed by atoms with van der Waals surface area (Å²) in [6.07, 6.45) is 2.74. The Bertz CT molecular complexity index is 768. The maximum absolute atomic E-state index is 9.11. The molecule has 0 radical (unpaired) electrons. The second-order valence-corrected chi connectivity index (χ2v) is 4.33. The Morgan fingerprint density at radius 3 is 1.55 bits per heavy atom. The minimum Gasteiger partial charge on any atom is -0.460 e. The Kier molecular flexibility index (Phi) is 4.69. The molecule has 0 bridgehead atoms. The molecule has 2 aromatic heterocycles. The van der Waals surface area contributed by atoms with Crippen molar-refractivity contribution in [1.82, 2.24) is 0 Å². The van der Waals surface area contributed by atoms with E-state index in [9.17, 15) is 0 Å². The van der Waals surface area contributed by atoms with Gasteiger partial charge in [-0.25, -0.2) is 9.98 Å². The lowest BCUT2D eigenvalue weighted by atomic mass is 10.3. The third-order valence-corrected chi connectivity index (χ3v) is 2.60. The summed E-state index contributed by atoms with van der Waals surface area (Å²) in [5.74, 6) is 2.45. The lowest BCUT2D eigenvalue weighted by Crippen LogP contribution is -1.86. The van der Waals surface area contributed by atoms with E-state index in [0.29, 0.717) is 11.5 Å². The number of furan rings is 2. The van der Waals surface area contributed by atoms with Gasteiger partial charge < -0.3 is 8.83 Å².